The van der Waals surface area contributed by atoms with Crippen LogP contribution in [0.3, 0.4) is 0 Å². The maximum Gasteiger partial charge on any atom is 0.530 e. The highest BCUT2D eigenvalue weighted by molar-refractivity contribution is 7.48. The Morgan fingerprint density at radius 2 is 0.698 bits per heavy atom. The van der Waals surface area contributed by atoms with Gasteiger partial charge in [0.1, 0.15) is 5.75 Å². The molecular formula is C38H71O4P. The third-order valence-corrected chi connectivity index (χ3v) is 9.89. The van der Waals surface area contributed by atoms with Crippen LogP contribution in [0.15, 0.2) is 30.3 Å². The second-order valence-corrected chi connectivity index (χ2v) is 14.3. The summed E-state index contributed by atoms with van der Waals surface area (Å²) in [6.07, 6.45) is 36.7. The van der Waals surface area contributed by atoms with Crippen LogP contribution in [0, 0.1) is 0 Å². The van der Waals surface area contributed by atoms with E-state index < -0.39 is 7.82 Å². The molecule has 0 aliphatic heterocycles. The lowest BCUT2D eigenvalue weighted by atomic mass is 10.0. The summed E-state index contributed by atoms with van der Waals surface area (Å²) in [7, 11) is -3.61. The van der Waals surface area contributed by atoms with E-state index in [1.807, 2.05) is 18.2 Å². The number of hydrogen-bond donors (Lipinski definition) is 0. The first-order valence-electron chi connectivity index (χ1n) is 18.8. The van der Waals surface area contributed by atoms with Gasteiger partial charge in [-0.05, 0) is 25.0 Å². The summed E-state index contributed by atoms with van der Waals surface area (Å²) in [4.78, 5) is 0. The molecule has 0 fully saturated rings. The molecule has 0 saturated carbocycles. The molecule has 1 rings (SSSR count). The Morgan fingerprint density at radius 1 is 0.419 bits per heavy atom. The zero-order chi connectivity index (χ0) is 30.9. The normalized spacial score (nSPS) is 11.8. The molecule has 1 aromatic carbocycles. The lowest BCUT2D eigenvalue weighted by molar-refractivity contribution is 0.150. The molecule has 0 bridgehead atoms. The number of phosphoric ester groups is 1. The zero-order valence-corrected chi connectivity index (χ0v) is 29.6. The second-order valence-electron chi connectivity index (χ2n) is 12.7. The Labute approximate surface area is 268 Å². The molecule has 0 aliphatic rings. The van der Waals surface area contributed by atoms with Crippen molar-refractivity contribution in [2.24, 2.45) is 0 Å². The summed E-state index contributed by atoms with van der Waals surface area (Å²) in [5, 5.41) is 0. The van der Waals surface area contributed by atoms with Gasteiger partial charge in [-0.1, -0.05) is 199 Å². The van der Waals surface area contributed by atoms with Crippen LogP contribution in [0.1, 0.15) is 194 Å². The fourth-order valence-electron chi connectivity index (χ4n) is 5.65. The Bertz CT molecular complexity index is 688. The standard InChI is InChI=1S/C38H71O4P/c1-3-5-7-9-11-13-15-17-19-21-23-25-27-32-36-40-43(39,42-38-34-30-29-31-35-38)41-37-33-28-26-24-22-20-18-16-14-12-10-8-6-4-2/h29-31,34-35H,3-28,32-33,36-37H2,1-2H3. The molecule has 0 heterocycles. The van der Waals surface area contributed by atoms with Gasteiger partial charge in [0.15, 0.2) is 0 Å². The van der Waals surface area contributed by atoms with Crippen molar-refractivity contribution in [2.75, 3.05) is 13.2 Å². The van der Waals surface area contributed by atoms with Gasteiger partial charge in [-0.15, -0.1) is 0 Å². The van der Waals surface area contributed by atoms with Crippen molar-refractivity contribution in [1.29, 1.82) is 0 Å². The van der Waals surface area contributed by atoms with Crippen LogP contribution in [-0.2, 0) is 13.6 Å². The summed E-state index contributed by atoms with van der Waals surface area (Å²) in [5.74, 6) is 0.535. The third kappa shape index (κ3) is 27.2. The van der Waals surface area contributed by atoms with Crippen LogP contribution in [0.5, 0.6) is 5.75 Å². The molecule has 0 aromatic heterocycles. The van der Waals surface area contributed by atoms with Crippen molar-refractivity contribution >= 4 is 7.82 Å². The average molecular weight is 623 g/mol. The lowest BCUT2D eigenvalue weighted by Crippen LogP contribution is -2.05. The first kappa shape index (κ1) is 40.2. The fourth-order valence-corrected chi connectivity index (χ4v) is 6.91. The quantitative estimate of drug-likeness (QED) is 0.0566. The van der Waals surface area contributed by atoms with Gasteiger partial charge < -0.3 is 4.52 Å². The van der Waals surface area contributed by atoms with Crippen molar-refractivity contribution < 1.29 is 18.1 Å². The molecule has 0 amide bonds. The summed E-state index contributed by atoms with van der Waals surface area (Å²) >= 11 is 0. The number of benzene rings is 1. The predicted octanol–water partition coefficient (Wildman–Crippen LogP) is 14.2. The Hall–Kier alpha value is -0.830. The maximum atomic E-state index is 13.4. The molecule has 5 heteroatoms. The first-order valence-corrected chi connectivity index (χ1v) is 20.3. The smallest absolute Gasteiger partial charge is 0.404 e. The summed E-state index contributed by atoms with van der Waals surface area (Å²) in [5.41, 5.74) is 0. The van der Waals surface area contributed by atoms with E-state index in [1.54, 1.807) is 12.1 Å². The molecule has 0 atom stereocenters. The molecule has 0 saturated heterocycles. The monoisotopic (exact) mass is 623 g/mol. The molecule has 0 spiro atoms. The SMILES string of the molecule is CCCCCCCCCCCCCCCCOP(=O)(OCCCCCCCCCCCCCCCC)Oc1ccccc1. The van der Waals surface area contributed by atoms with E-state index in [9.17, 15) is 4.57 Å². The number of hydrogen-bond acceptors (Lipinski definition) is 4. The van der Waals surface area contributed by atoms with Gasteiger partial charge in [0, 0.05) is 0 Å². The minimum Gasteiger partial charge on any atom is -0.404 e. The zero-order valence-electron chi connectivity index (χ0n) is 28.7. The second kappa shape index (κ2) is 31.2. The topological polar surface area (TPSA) is 44.8 Å². The van der Waals surface area contributed by atoms with Gasteiger partial charge in [0.2, 0.25) is 0 Å². The van der Waals surface area contributed by atoms with Crippen molar-refractivity contribution in [2.45, 2.75) is 194 Å². The largest absolute Gasteiger partial charge is 0.530 e. The van der Waals surface area contributed by atoms with E-state index in [-0.39, 0.29) is 0 Å². The summed E-state index contributed by atoms with van der Waals surface area (Å²) in [6, 6.07) is 9.28. The molecule has 0 unspecified atom stereocenters. The van der Waals surface area contributed by atoms with Gasteiger partial charge >= 0.3 is 7.82 Å². The Morgan fingerprint density at radius 3 is 1.00 bits per heavy atom. The Balaban J connectivity index is 2.08. The summed E-state index contributed by atoms with van der Waals surface area (Å²) < 4.78 is 30.7. The van der Waals surface area contributed by atoms with Gasteiger partial charge in [-0.25, -0.2) is 4.57 Å². The first-order chi connectivity index (χ1) is 21.2. The van der Waals surface area contributed by atoms with Crippen LogP contribution < -0.4 is 4.52 Å². The van der Waals surface area contributed by atoms with Crippen molar-refractivity contribution in [3.05, 3.63) is 30.3 Å². The van der Waals surface area contributed by atoms with E-state index in [1.165, 1.54) is 154 Å². The molecule has 0 aliphatic carbocycles. The van der Waals surface area contributed by atoms with Crippen LogP contribution in [-0.4, -0.2) is 13.2 Å². The van der Waals surface area contributed by atoms with Crippen LogP contribution >= 0.6 is 7.82 Å². The minimum absolute atomic E-state index is 0.418. The van der Waals surface area contributed by atoms with Gasteiger partial charge in [-0.2, -0.15) is 0 Å². The van der Waals surface area contributed by atoms with E-state index >= 15 is 0 Å². The fraction of sp³-hybridized carbons (Fsp3) is 0.842. The van der Waals surface area contributed by atoms with Gasteiger partial charge in [0.05, 0.1) is 13.2 Å². The van der Waals surface area contributed by atoms with Crippen LogP contribution in [0.25, 0.3) is 0 Å². The molecule has 0 N–H and O–H groups in total. The highest BCUT2D eigenvalue weighted by atomic mass is 31.2. The van der Waals surface area contributed by atoms with E-state index in [0.717, 1.165) is 25.7 Å². The average Bonchev–Trinajstić information content (AvgIpc) is 3.01. The number of phosphoric acid groups is 1. The van der Waals surface area contributed by atoms with Crippen LogP contribution in [0.4, 0.5) is 0 Å². The van der Waals surface area contributed by atoms with Gasteiger partial charge in [-0.3, -0.25) is 9.05 Å². The molecule has 1 aromatic rings. The Kier molecular flexibility index (Phi) is 29.1. The maximum absolute atomic E-state index is 13.4. The molecule has 0 radical (unpaired) electrons. The van der Waals surface area contributed by atoms with Gasteiger partial charge in [0.25, 0.3) is 0 Å². The predicted molar refractivity (Wildman–Crippen MR) is 187 cm³/mol. The minimum atomic E-state index is -3.61. The highest BCUT2D eigenvalue weighted by Gasteiger charge is 2.28. The molecule has 4 nitrogen and oxygen atoms in total. The van der Waals surface area contributed by atoms with E-state index in [2.05, 4.69) is 13.8 Å². The summed E-state index contributed by atoms with van der Waals surface area (Å²) in [6.45, 7) is 5.40. The lowest BCUT2D eigenvalue weighted by Gasteiger charge is -2.18. The van der Waals surface area contributed by atoms with Crippen molar-refractivity contribution in [3.63, 3.8) is 0 Å². The highest BCUT2D eigenvalue weighted by Crippen LogP contribution is 2.49. The number of unbranched alkanes of at least 4 members (excludes halogenated alkanes) is 26. The third-order valence-electron chi connectivity index (χ3n) is 8.46. The number of rotatable bonds is 34. The molecular weight excluding hydrogens is 551 g/mol. The van der Waals surface area contributed by atoms with E-state index in [0.29, 0.717) is 19.0 Å². The number of para-hydroxylation sites is 1. The van der Waals surface area contributed by atoms with Crippen molar-refractivity contribution in [3.8, 4) is 5.75 Å². The van der Waals surface area contributed by atoms with E-state index in [4.69, 9.17) is 13.6 Å². The molecule has 252 valence electrons. The van der Waals surface area contributed by atoms with Crippen LogP contribution in [0.2, 0.25) is 0 Å². The molecule has 43 heavy (non-hydrogen) atoms. The van der Waals surface area contributed by atoms with Crippen molar-refractivity contribution in [1.82, 2.24) is 0 Å².